The second kappa shape index (κ2) is 7.40. The molecule has 0 aliphatic rings. The van der Waals surface area contributed by atoms with Crippen LogP contribution in [0.2, 0.25) is 0 Å². The molecule has 5 heteroatoms. The van der Waals surface area contributed by atoms with Crippen molar-refractivity contribution in [1.82, 2.24) is 4.90 Å². The first-order chi connectivity index (χ1) is 8.93. The van der Waals surface area contributed by atoms with Crippen molar-refractivity contribution < 1.29 is 13.5 Å². The van der Waals surface area contributed by atoms with Crippen LogP contribution >= 0.6 is 0 Å². The van der Waals surface area contributed by atoms with Crippen molar-refractivity contribution >= 4 is 0 Å². The van der Waals surface area contributed by atoms with Crippen LogP contribution in [-0.2, 0) is 6.54 Å². The molecule has 0 radical (unpaired) electrons. The number of halogens is 2. The van der Waals surface area contributed by atoms with Crippen LogP contribution in [0.3, 0.4) is 0 Å². The topological polar surface area (TPSA) is 38.5 Å². The van der Waals surface area contributed by atoms with E-state index in [4.69, 9.17) is 10.5 Å². The van der Waals surface area contributed by atoms with E-state index in [1.165, 1.54) is 0 Å². The molecule has 0 saturated carbocycles. The molecule has 19 heavy (non-hydrogen) atoms. The largest absolute Gasteiger partial charge is 0.494 e. The summed E-state index contributed by atoms with van der Waals surface area (Å²) in [7, 11) is 1.67. The van der Waals surface area contributed by atoms with E-state index in [2.05, 4.69) is 0 Å². The lowest BCUT2D eigenvalue weighted by Crippen LogP contribution is -2.24. The monoisotopic (exact) mass is 272 g/mol. The maximum atomic E-state index is 12.4. The van der Waals surface area contributed by atoms with Gasteiger partial charge in [-0.05, 0) is 38.6 Å². The summed E-state index contributed by atoms with van der Waals surface area (Å²) >= 11 is 0. The molecule has 0 heterocycles. The zero-order chi connectivity index (χ0) is 14.4. The fourth-order valence-electron chi connectivity index (χ4n) is 1.89. The summed E-state index contributed by atoms with van der Waals surface area (Å²) in [6.07, 6.45) is -2.34. The van der Waals surface area contributed by atoms with E-state index in [1.807, 2.05) is 32.0 Å². The van der Waals surface area contributed by atoms with Crippen LogP contribution in [0.4, 0.5) is 8.78 Å². The summed E-state index contributed by atoms with van der Waals surface area (Å²) < 4.78 is 30.2. The molecule has 108 valence electrons. The van der Waals surface area contributed by atoms with Gasteiger partial charge in [0, 0.05) is 18.2 Å². The van der Waals surface area contributed by atoms with Gasteiger partial charge >= 0.3 is 0 Å². The Hall–Kier alpha value is -1.20. The number of hydrogen-bond acceptors (Lipinski definition) is 3. The number of benzene rings is 1. The van der Waals surface area contributed by atoms with E-state index < -0.39 is 6.43 Å². The highest BCUT2D eigenvalue weighted by Crippen LogP contribution is 2.24. The first-order valence-corrected chi connectivity index (χ1v) is 6.42. The van der Waals surface area contributed by atoms with E-state index in [0.717, 1.165) is 16.9 Å². The highest BCUT2D eigenvalue weighted by Gasteiger charge is 2.12. The molecule has 0 bridgehead atoms. The zero-order valence-corrected chi connectivity index (χ0v) is 11.7. The molecule has 0 fully saturated rings. The number of rotatable bonds is 7. The standard InChI is InChI=1S/C14H22F2N2O/c1-4-19-13-6-5-11(10(2)17)7-12(13)8-18(3)9-14(15)16/h5-7,10,14H,4,8-9,17H2,1-3H3. The van der Waals surface area contributed by atoms with Gasteiger partial charge < -0.3 is 10.5 Å². The molecule has 0 saturated heterocycles. The summed E-state index contributed by atoms with van der Waals surface area (Å²) in [6, 6.07) is 5.60. The lowest BCUT2D eigenvalue weighted by Gasteiger charge is -2.19. The summed E-state index contributed by atoms with van der Waals surface area (Å²) in [5, 5.41) is 0. The Kier molecular flexibility index (Phi) is 6.18. The number of nitrogens with two attached hydrogens (primary N) is 1. The van der Waals surface area contributed by atoms with Crippen LogP contribution in [0.1, 0.15) is 31.0 Å². The van der Waals surface area contributed by atoms with Crippen LogP contribution < -0.4 is 10.5 Å². The predicted molar refractivity (Wildman–Crippen MR) is 72.6 cm³/mol. The second-order valence-corrected chi connectivity index (χ2v) is 4.68. The van der Waals surface area contributed by atoms with Gasteiger partial charge in [0.1, 0.15) is 5.75 Å². The number of hydrogen-bond donors (Lipinski definition) is 1. The van der Waals surface area contributed by atoms with Crippen LogP contribution in [0.5, 0.6) is 5.75 Å². The first-order valence-electron chi connectivity index (χ1n) is 6.42. The van der Waals surface area contributed by atoms with E-state index in [1.54, 1.807) is 11.9 Å². The Labute approximate surface area is 113 Å². The molecule has 0 aromatic heterocycles. The van der Waals surface area contributed by atoms with Crippen LogP contribution in [0.15, 0.2) is 18.2 Å². The maximum Gasteiger partial charge on any atom is 0.251 e. The van der Waals surface area contributed by atoms with Gasteiger partial charge in [-0.2, -0.15) is 0 Å². The smallest absolute Gasteiger partial charge is 0.251 e. The van der Waals surface area contributed by atoms with Crippen LogP contribution in [0, 0.1) is 0 Å². The first kappa shape index (κ1) is 15.9. The molecule has 2 N–H and O–H groups in total. The third-order valence-corrected chi connectivity index (χ3v) is 2.80. The molecule has 0 spiro atoms. The minimum Gasteiger partial charge on any atom is -0.494 e. The fourth-order valence-corrected chi connectivity index (χ4v) is 1.89. The van der Waals surface area contributed by atoms with Crippen molar-refractivity contribution in [1.29, 1.82) is 0 Å². The molecule has 1 atom stereocenters. The molecular formula is C14H22F2N2O. The molecule has 1 aromatic rings. The van der Waals surface area contributed by atoms with Crippen molar-refractivity contribution in [3.05, 3.63) is 29.3 Å². The zero-order valence-electron chi connectivity index (χ0n) is 11.7. The fraction of sp³-hybridized carbons (Fsp3) is 0.571. The number of ether oxygens (including phenoxy) is 1. The van der Waals surface area contributed by atoms with Crippen LogP contribution in [-0.4, -0.2) is 31.5 Å². The molecule has 0 aliphatic carbocycles. The highest BCUT2D eigenvalue weighted by atomic mass is 19.3. The quantitative estimate of drug-likeness (QED) is 0.829. The van der Waals surface area contributed by atoms with Gasteiger partial charge in [0.15, 0.2) is 0 Å². The maximum absolute atomic E-state index is 12.4. The third kappa shape index (κ3) is 5.12. The Morgan fingerprint density at radius 3 is 2.58 bits per heavy atom. The predicted octanol–water partition coefficient (Wildman–Crippen LogP) is 2.80. The van der Waals surface area contributed by atoms with Gasteiger partial charge in [0.2, 0.25) is 0 Å². The van der Waals surface area contributed by atoms with Gasteiger partial charge in [-0.3, -0.25) is 4.90 Å². The minimum absolute atomic E-state index is 0.0881. The lowest BCUT2D eigenvalue weighted by molar-refractivity contribution is 0.0970. The van der Waals surface area contributed by atoms with Gasteiger partial charge in [-0.1, -0.05) is 6.07 Å². The third-order valence-electron chi connectivity index (χ3n) is 2.80. The van der Waals surface area contributed by atoms with E-state index in [0.29, 0.717) is 13.2 Å². The van der Waals surface area contributed by atoms with Crippen molar-refractivity contribution in [2.75, 3.05) is 20.2 Å². The average Bonchev–Trinajstić information content (AvgIpc) is 2.30. The van der Waals surface area contributed by atoms with Gasteiger partial charge in [-0.15, -0.1) is 0 Å². The molecule has 1 rings (SSSR count). The molecule has 0 aliphatic heterocycles. The Morgan fingerprint density at radius 2 is 2.05 bits per heavy atom. The van der Waals surface area contributed by atoms with E-state index >= 15 is 0 Å². The Bertz CT molecular complexity index is 397. The minimum atomic E-state index is -2.34. The summed E-state index contributed by atoms with van der Waals surface area (Å²) in [5.41, 5.74) is 7.71. The Balaban J connectivity index is 2.90. The van der Waals surface area contributed by atoms with Crippen molar-refractivity contribution in [3.63, 3.8) is 0 Å². The van der Waals surface area contributed by atoms with Crippen molar-refractivity contribution in [2.45, 2.75) is 32.9 Å². The lowest BCUT2D eigenvalue weighted by atomic mass is 10.0. The van der Waals surface area contributed by atoms with Crippen molar-refractivity contribution in [3.8, 4) is 5.75 Å². The Morgan fingerprint density at radius 1 is 1.37 bits per heavy atom. The normalized spacial score (nSPS) is 13.1. The SMILES string of the molecule is CCOc1ccc(C(C)N)cc1CN(C)CC(F)F. The van der Waals surface area contributed by atoms with Crippen molar-refractivity contribution in [2.24, 2.45) is 5.73 Å². The van der Waals surface area contributed by atoms with E-state index in [9.17, 15) is 8.78 Å². The molecule has 1 unspecified atom stereocenters. The summed E-state index contributed by atoms with van der Waals surface area (Å²) in [4.78, 5) is 1.58. The number of alkyl halides is 2. The average molecular weight is 272 g/mol. The second-order valence-electron chi connectivity index (χ2n) is 4.68. The summed E-state index contributed by atoms with van der Waals surface area (Å²) in [6.45, 7) is 4.49. The molecular weight excluding hydrogens is 250 g/mol. The molecule has 1 aromatic carbocycles. The van der Waals surface area contributed by atoms with Gasteiger partial charge in [0.25, 0.3) is 6.43 Å². The highest BCUT2D eigenvalue weighted by molar-refractivity contribution is 5.38. The van der Waals surface area contributed by atoms with E-state index in [-0.39, 0.29) is 12.6 Å². The molecule has 3 nitrogen and oxygen atoms in total. The number of nitrogens with zero attached hydrogens (tertiary/aromatic N) is 1. The summed E-state index contributed by atoms with van der Waals surface area (Å²) in [5.74, 6) is 0.730. The van der Waals surface area contributed by atoms with Gasteiger partial charge in [-0.25, -0.2) is 8.78 Å². The van der Waals surface area contributed by atoms with Crippen LogP contribution in [0.25, 0.3) is 0 Å². The molecule has 0 amide bonds. The van der Waals surface area contributed by atoms with Gasteiger partial charge in [0.05, 0.1) is 13.2 Å².